The van der Waals surface area contributed by atoms with Gasteiger partial charge in [0.05, 0.1) is 11.9 Å². The van der Waals surface area contributed by atoms with Gasteiger partial charge < -0.3 is 14.6 Å². The molecular weight excluding hydrogens is 485 g/mol. The number of likely N-dealkylation sites (tertiary alicyclic amines) is 1. The highest BCUT2D eigenvalue weighted by Gasteiger charge is 2.27. The van der Waals surface area contributed by atoms with Crippen LogP contribution in [-0.4, -0.2) is 73.5 Å². The molecule has 10 heteroatoms. The second-order valence-electron chi connectivity index (χ2n) is 9.70. The largest absolute Gasteiger partial charge is 0.477 e. The first-order valence-electron chi connectivity index (χ1n) is 12.6. The summed E-state index contributed by atoms with van der Waals surface area (Å²) in [5.74, 6) is -0.356. The first kappa shape index (κ1) is 24.1. The fraction of sp³-hybridized carbons (Fsp3) is 0.286. The lowest BCUT2D eigenvalue weighted by atomic mass is 10.1. The number of carboxylic acid groups (broad SMARTS) is 1. The number of carbonyl (C=O) groups is 1. The molecule has 0 amide bonds. The highest BCUT2D eigenvalue weighted by Crippen LogP contribution is 2.35. The van der Waals surface area contributed by atoms with Crippen molar-refractivity contribution in [3.8, 4) is 11.3 Å². The van der Waals surface area contributed by atoms with Crippen molar-refractivity contribution >= 4 is 28.5 Å². The number of benzene rings is 1. The van der Waals surface area contributed by atoms with Gasteiger partial charge in [0.15, 0.2) is 5.65 Å². The summed E-state index contributed by atoms with van der Waals surface area (Å²) in [5, 5.41) is 15.1. The fourth-order valence-electron chi connectivity index (χ4n) is 5.37. The van der Waals surface area contributed by atoms with E-state index in [1.165, 1.54) is 6.20 Å². The molecule has 1 N–H and O–H groups in total. The molecule has 0 bridgehead atoms. The van der Waals surface area contributed by atoms with Crippen LogP contribution in [0.25, 0.3) is 27.9 Å². The number of rotatable bonds is 8. The number of hydrogen-bond acceptors (Lipinski definition) is 6. The van der Waals surface area contributed by atoms with Crippen LogP contribution < -0.4 is 4.90 Å². The number of aromatic carboxylic acids is 1. The van der Waals surface area contributed by atoms with Crippen molar-refractivity contribution in [3.63, 3.8) is 0 Å². The smallest absolute Gasteiger partial charge is 0.341 e. The molecule has 1 aliphatic heterocycles. The number of carboxylic acids is 1. The number of alkyl halides is 1. The number of fused-ring (bicyclic) bond motifs is 2. The summed E-state index contributed by atoms with van der Waals surface area (Å²) in [7, 11) is 1.95. The van der Waals surface area contributed by atoms with E-state index in [9.17, 15) is 14.3 Å². The Bertz CT molecular complexity index is 1610. The Morgan fingerprint density at radius 1 is 1.18 bits per heavy atom. The SMILES string of the molecule is CN(Cc1ccccc1)c1cc(-c2cn([C@@H]3CCN(CCF)C3)c3ncccc23)nc2c(C(=O)O)cnn12. The Balaban J connectivity index is 1.49. The number of anilines is 1. The van der Waals surface area contributed by atoms with E-state index in [2.05, 4.69) is 37.9 Å². The van der Waals surface area contributed by atoms with Crippen LogP contribution in [0.2, 0.25) is 0 Å². The molecule has 1 saturated heterocycles. The number of halogens is 1. The third-order valence-electron chi connectivity index (χ3n) is 7.24. The van der Waals surface area contributed by atoms with Crippen molar-refractivity contribution in [1.29, 1.82) is 0 Å². The van der Waals surface area contributed by atoms with Crippen molar-refractivity contribution in [2.24, 2.45) is 0 Å². The van der Waals surface area contributed by atoms with E-state index in [1.54, 1.807) is 10.7 Å². The molecule has 0 aliphatic carbocycles. The first-order chi connectivity index (χ1) is 18.5. The minimum Gasteiger partial charge on any atom is -0.477 e. The highest BCUT2D eigenvalue weighted by atomic mass is 19.1. The lowest BCUT2D eigenvalue weighted by molar-refractivity contribution is 0.0698. The van der Waals surface area contributed by atoms with Crippen molar-refractivity contribution in [3.05, 3.63) is 78.2 Å². The van der Waals surface area contributed by atoms with Crippen LogP contribution in [0.15, 0.2) is 67.1 Å². The van der Waals surface area contributed by atoms with Crippen LogP contribution in [-0.2, 0) is 6.54 Å². The summed E-state index contributed by atoms with van der Waals surface area (Å²) in [5.41, 5.74) is 3.79. The van der Waals surface area contributed by atoms with Gasteiger partial charge in [-0.3, -0.25) is 4.90 Å². The zero-order valence-electron chi connectivity index (χ0n) is 21.0. The summed E-state index contributed by atoms with van der Waals surface area (Å²) < 4.78 is 16.7. The standard InChI is InChI=1S/C28H28FN7O2/c1-33(16-19-6-3-2-4-7-19)25-14-24(32-27-22(28(37)38)15-31-36(25)27)23-18-35(26-21(23)8-5-11-30-26)20-9-12-34(17-20)13-10-29/h2-8,11,14-15,18,20H,9-10,12-13,16-17H2,1H3,(H,37,38)/t20-/m1/s1. The van der Waals surface area contributed by atoms with Crippen LogP contribution >= 0.6 is 0 Å². The van der Waals surface area contributed by atoms with Crippen molar-refractivity contribution in [2.45, 2.75) is 19.0 Å². The second-order valence-corrected chi connectivity index (χ2v) is 9.70. The molecule has 5 aromatic rings. The third-order valence-corrected chi connectivity index (χ3v) is 7.24. The molecule has 1 atom stereocenters. The molecule has 0 saturated carbocycles. The van der Waals surface area contributed by atoms with Gasteiger partial charge in [0, 0.05) is 68.7 Å². The molecule has 9 nitrogen and oxygen atoms in total. The Labute approximate surface area is 218 Å². The zero-order valence-corrected chi connectivity index (χ0v) is 21.0. The van der Waals surface area contributed by atoms with E-state index in [0.717, 1.165) is 47.5 Å². The van der Waals surface area contributed by atoms with Gasteiger partial charge in [0.1, 0.15) is 23.7 Å². The molecule has 0 spiro atoms. The van der Waals surface area contributed by atoms with E-state index in [4.69, 9.17) is 4.98 Å². The van der Waals surface area contributed by atoms with E-state index in [1.807, 2.05) is 48.3 Å². The zero-order chi connectivity index (χ0) is 26.2. The molecule has 1 aromatic carbocycles. The summed E-state index contributed by atoms with van der Waals surface area (Å²) in [6.07, 6.45) is 6.07. The third kappa shape index (κ3) is 4.26. The van der Waals surface area contributed by atoms with E-state index in [0.29, 0.717) is 18.8 Å². The minimum atomic E-state index is -1.08. The maximum absolute atomic E-state index is 13.0. The van der Waals surface area contributed by atoms with Crippen LogP contribution in [0.4, 0.5) is 10.2 Å². The topological polar surface area (TPSA) is 91.8 Å². The molecule has 1 fully saturated rings. The molecule has 4 aromatic heterocycles. The second kappa shape index (κ2) is 9.86. The molecule has 1 aliphatic rings. The fourth-order valence-corrected chi connectivity index (χ4v) is 5.37. The Morgan fingerprint density at radius 3 is 2.82 bits per heavy atom. The van der Waals surface area contributed by atoms with E-state index in [-0.39, 0.29) is 23.9 Å². The highest BCUT2D eigenvalue weighted by molar-refractivity contribution is 5.97. The number of nitrogens with zero attached hydrogens (tertiary/aromatic N) is 7. The number of hydrogen-bond donors (Lipinski definition) is 1. The maximum atomic E-state index is 13.0. The normalized spacial score (nSPS) is 16.0. The van der Waals surface area contributed by atoms with Gasteiger partial charge in [-0.15, -0.1) is 0 Å². The van der Waals surface area contributed by atoms with Gasteiger partial charge in [-0.2, -0.15) is 9.61 Å². The minimum absolute atomic E-state index is 0.0423. The summed E-state index contributed by atoms with van der Waals surface area (Å²) in [6, 6.07) is 16.1. The van der Waals surface area contributed by atoms with Gasteiger partial charge in [-0.25, -0.2) is 19.2 Å². The molecule has 38 heavy (non-hydrogen) atoms. The predicted octanol–water partition coefficient (Wildman–Crippen LogP) is 4.30. The van der Waals surface area contributed by atoms with Crippen LogP contribution in [0.5, 0.6) is 0 Å². The quantitative estimate of drug-likeness (QED) is 0.331. The number of aromatic nitrogens is 5. The monoisotopic (exact) mass is 513 g/mol. The Kier molecular flexibility index (Phi) is 6.24. The Hall–Kier alpha value is -4.31. The first-order valence-corrected chi connectivity index (χ1v) is 12.6. The summed E-state index contributed by atoms with van der Waals surface area (Å²) in [6.45, 7) is 2.28. The van der Waals surface area contributed by atoms with Gasteiger partial charge in [0.2, 0.25) is 0 Å². The molecule has 0 radical (unpaired) electrons. The van der Waals surface area contributed by atoms with Crippen molar-refractivity contribution in [2.75, 3.05) is 38.3 Å². The van der Waals surface area contributed by atoms with Crippen molar-refractivity contribution < 1.29 is 14.3 Å². The van der Waals surface area contributed by atoms with Gasteiger partial charge >= 0.3 is 5.97 Å². The number of pyridine rings is 1. The summed E-state index contributed by atoms with van der Waals surface area (Å²) >= 11 is 0. The molecular formula is C28H28FN7O2. The van der Waals surface area contributed by atoms with Gasteiger partial charge in [-0.05, 0) is 24.1 Å². The lowest BCUT2D eigenvalue weighted by Crippen LogP contribution is -2.23. The van der Waals surface area contributed by atoms with E-state index >= 15 is 0 Å². The maximum Gasteiger partial charge on any atom is 0.341 e. The van der Waals surface area contributed by atoms with Crippen LogP contribution in [0.1, 0.15) is 28.4 Å². The average Bonchev–Trinajstić information content (AvgIpc) is 3.66. The van der Waals surface area contributed by atoms with E-state index < -0.39 is 5.97 Å². The van der Waals surface area contributed by atoms with Crippen LogP contribution in [0.3, 0.4) is 0 Å². The summed E-state index contributed by atoms with van der Waals surface area (Å²) in [4.78, 5) is 25.7. The lowest BCUT2D eigenvalue weighted by Gasteiger charge is -2.21. The van der Waals surface area contributed by atoms with Gasteiger partial charge in [-0.1, -0.05) is 30.3 Å². The van der Waals surface area contributed by atoms with Crippen molar-refractivity contribution in [1.82, 2.24) is 29.0 Å². The predicted molar refractivity (Wildman–Crippen MR) is 143 cm³/mol. The molecule has 194 valence electrons. The molecule has 6 rings (SSSR count). The average molecular weight is 514 g/mol. The van der Waals surface area contributed by atoms with Gasteiger partial charge in [0.25, 0.3) is 0 Å². The molecule has 5 heterocycles. The van der Waals surface area contributed by atoms with Crippen LogP contribution in [0, 0.1) is 0 Å². The Morgan fingerprint density at radius 2 is 2.03 bits per heavy atom. The molecule has 0 unspecified atom stereocenters.